The molecule has 0 radical (unpaired) electrons. The van der Waals surface area contributed by atoms with Gasteiger partial charge in [0.15, 0.2) is 21.4 Å². The van der Waals surface area contributed by atoms with Gasteiger partial charge in [0.25, 0.3) is 5.91 Å². The van der Waals surface area contributed by atoms with E-state index in [1.807, 2.05) is 0 Å². The Morgan fingerprint density at radius 3 is 2.62 bits per heavy atom. The molecule has 0 unspecified atom stereocenters. The van der Waals surface area contributed by atoms with E-state index in [1.54, 1.807) is 0 Å². The van der Waals surface area contributed by atoms with Gasteiger partial charge in [-0.3, -0.25) is 14.8 Å². The van der Waals surface area contributed by atoms with Gasteiger partial charge in [-0.2, -0.15) is 17.9 Å². The number of rotatable bonds is 6. The fraction of sp³-hybridized carbons (Fsp3) is 0.318. The van der Waals surface area contributed by atoms with Crippen LogP contribution < -0.4 is 10.2 Å². The first-order valence-electron chi connectivity index (χ1n) is 10.7. The first-order valence-corrected chi connectivity index (χ1v) is 12.6. The number of aromatic nitrogens is 4. The number of nitrogens with one attached hydrogen (secondary N) is 1. The fourth-order valence-electron chi connectivity index (χ4n) is 3.52. The highest BCUT2D eigenvalue weighted by Crippen LogP contribution is 2.27. The minimum absolute atomic E-state index is 0.0466. The van der Waals surface area contributed by atoms with Crippen LogP contribution in [-0.4, -0.2) is 71.7 Å². The molecule has 0 bridgehead atoms. The van der Waals surface area contributed by atoms with Crippen molar-refractivity contribution in [3.63, 3.8) is 0 Å². The Kier molecular flexibility index (Phi) is 7.01. The molecular weight excluding hydrogens is 519 g/mol. The lowest BCUT2D eigenvalue weighted by molar-refractivity contribution is -0.199. The standard InChI is InChI=1S/C22H20F3N5O6S/c1-12-18(20(31)28-15-4-6-35-11-15)29-19(30(12)36-21(32)22(23,24)25)17-8-13(3-5-27-17)14-7-16(10-26-9-14)37(2,33)34/h3,5,7-10,15H,4,6,11H2,1-2H3,(H,28,31)/t15-/m0/s1. The van der Waals surface area contributed by atoms with Crippen molar-refractivity contribution in [1.82, 2.24) is 25.0 Å². The average molecular weight is 539 g/mol. The summed E-state index contributed by atoms with van der Waals surface area (Å²) in [6, 6.07) is 3.96. The monoisotopic (exact) mass is 539 g/mol. The van der Waals surface area contributed by atoms with Gasteiger partial charge in [0.05, 0.1) is 23.2 Å². The van der Waals surface area contributed by atoms with E-state index in [-0.39, 0.29) is 40.5 Å². The second-order valence-corrected chi connectivity index (χ2v) is 10.2. The number of carbonyl (C=O) groups is 2. The number of halogens is 3. The zero-order valence-electron chi connectivity index (χ0n) is 19.4. The Bertz CT molecular complexity index is 1470. The molecule has 4 rings (SSSR count). The predicted octanol–water partition coefficient (Wildman–Crippen LogP) is 1.76. The molecule has 1 aliphatic rings. The maximum atomic E-state index is 13.0. The van der Waals surface area contributed by atoms with Crippen LogP contribution in [0.15, 0.2) is 41.7 Å². The minimum atomic E-state index is -5.31. The van der Waals surface area contributed by atoms with Crippen molar-refractivity contribution in [2.75, 3.05) is 19.5 Å². The number of hydrogen-bond donors (Lipinski definition) is 1. The molecule has 1 saturated heterocycles. The number of amides is 1. The molecule has 1 aliphatic heterocycles. The van der Waals surface area contributed by atoms with Crippen LogP contribution in [0.25, 0.3) is 22.6 Å². The molecule has 3 aromatic rings. The first-order chi connectivity index (χ1) is 17.3. The summed E-state index contributed by atoms with van der Waals surface area (Å²) >= 11 is 0. The van der Waals surface area contributed by atoms with Crippen molar-refractivity contribution in [3.8, 4) is 22.6 Å². The van der Waals surface area contributed by atoms with Gasteiger partial charge in [0, 0.05) is 37.0 Å². The topological polar surface area (TPSA) is 142 Å². The van der Waals surface area contributed by atoms with E-state index in [1.165, 1.54) is 43.7 Å². The van der Waals surface area contributed by atoms with Gasteiger partial charge in [-0.25, -0.2) is 18.2 Å². The molecule has 1 amide bonds. The first kappa shape index (κ1) is 26.2. The summed E-state index contributed by atoms with van der Waals surface area (Å²) in [6.07, 6.45) is 0.111. The number of hydrogen-bond acceptors (Lipinski definition) is 9. The number of carbonyl (C=O) groups excluding carboxylic acids is 2. The molecule has 196 valence electrons. The number of imidazole rings is 1. The summed E-state index contributed by atoms with van der Waals surface area (Å²) in [5.41, 5.74) is 0.268. The molecular formula is C22H20F3N5O6S. The van der Waals surface area contributed by atoms with E-state index in [9.17, 15) is 31.2 Å². The third-order valence-corrected chi connectivity index (χ3v) is 6.49. The van der Waals surface area contributed by atoms with Crippen LogP contribution in [0.1, 0.15) is 22.6 Å². The van der Waals surface area contributed by atoms with Crippen LogP contribution in [0, 0.1) is 6.92 Å². The highest BCUT2D eigenvalue weighted by Gasteiger charge is 2.43. The van der Waals surface area contributed by atoms with Crippen molar-refractivity contribution < 1.29 is 40.8 Å². The van der Waals surface area contributed by atoms with E-state index in [4.69, 9.17) is 4.74 Å². The molecule has 0 saturated carbocycles. The van der Waals surface area contributed by atoms with Crippen molar-refractivity contribution in [2.45, 2.75) is 30.5 Å². The predicted molar refractivity (Wildman–Crippen MR) is 121 cm³/mol. The van der Waals surface area contributed by atoms with Gasteiger partial charge in [-0.05, 0) is 37.1 Å². The summed E-state index contributed by atoms with van der Waals surface area (Å²) in [7, 11) is -3.56. The molecule has 37 heavy (non-hydrogen) atoms. The summed E-state index contributed by atoms with van der Waals surface area (Å²) in [6.45, 7) is 1.98. The number of pyridine rings is 2. The van der Waals surface area contributed by atoms with Crippen molar-refractivity contribution >= 4 is 21.7 Å². The molecule has 0 aliphatic carbocycles. The van der Waals surface area contributed by atoms with Crippen LogP contribution in [0.2, 0.25) is 0 Å². The Morgan fingerprint density at radius 2 is 1.97 bits per heavy atom. The average Bonchev–Trinajstić information content (AvgIpc) is 3.46. The third-order valence-electron chi connectivity index (χ3n) is 5.41. The molecule has 4 heterocycles. The Labute approximate surface area is 208 Å². The zero-order valence-corrected chi connectivity index (χ0v) is 20.3. The summed E-state index contributed by atoms with van der Waals surface area (Å²) in [4.78, 5) is 41.2. The molecule has 11 nitrogen and oxygen atoms in total. The van der Waals surface area contributed by atoms with E-state index < -0.39 is 27.9 Å². The lowest BCUT2D eigenvalue weighted by atomic mass is 10.1. The maximum absolute atomic E-state index is 13.0. The summed E-state index contributed by atoms with van der Waals surface area (Å²) < 4.78 is 68.5. The van der Waals surface area contributed by atoms with Crippen molar-refractivity contribution in [3.05, 3.63) is 48.2 Å². The quantitative estimate of drug-likeness (QED) is 0.496. The highest BCUT2D eigenvalue weighted by atomic mass is 32.2. The van der Waals surface area contributed by atoms with Crippen molar-refractivity contribution in [2.24, 2.45) is 0 Å². The van der Waals surface area contributed by atoms with Gasteiger partial charge < -0.3 is 14.9 Å². The molecule has 1 atom stereocenters. The molecule has 3 aromatic heterocycles. The van der Waals surface area contributed by atoms with Gasteiger partial charge in [-0.15, -0.1) is 0 Å². The van der Waals surface area contributed by atoms with Gasteiger partial charge in [0.2, 0.25) is 0 Å². The Morgan fingerprint density at radius 1 is 1.22 bits per heavy atom. The zero-order chi connectivity index (χ0) is 27.0. The summed E-state index contributed by atoms with van der Waals surface area (Å²) in [5, 5.41) is 2.68. The minimum Gasteiger partial charge on any atom is -0.379 e. The lowest BCUT2D eigenvalue weighted by Crippen LogP contribution is -2.36. The smallest absolute Gasteiger partial charge is 0.379 e. The largest absolute Gasteiger partial charge is 0.493 e. The molecule has 15 heteroatoms. The van der Waals surface area contributed by atoms with Gasteiger partial charge in [-0.1, -0.05) is 0 Å². The SMILES string of the molecule is Cc1c(C(=O)N[C@H]2CCOC2)nc(-c2cc(-c3cncc(S(C)(=O)=O)c3)ccn2)n1OC(=O)C(F)(F)F. The number of ether oxygens (including phenoxy) is 1. The van der Waals surface area contributed by atoms with Crippen molar-refractivity contribution in [1.29, 1.82) is 0 Å². The Hall–Kier alpha value is -3.85. The molecule has 0 aromatic carbocycles. The van der Waals surface area contributed by atoms with E-state index >= 15 is 0 Å². The van der Waals surface area contributed by atoms with Crippen LogP contribution >= 0.6 is 0 Å². The number of sulfone groups is 1. The lowest BCUT2D eigenvalue weighted by Gasteiger charge is -2.12. The molecule has 0 spiro atoms. The van der Waals surface area contributed by atoms with Gasteiger partial charge in [0.1, 0.15) is 5.69 Å². The highest BCUT2D eigenvalue weighted by molar-refractivity contribution is 7.90. The molecule has 1 N–H and O–H groups in total. The Balaban J connectivity index is 1.78. The van der Waals surface area contributed by atoms with E-state index in [2.05, 4.69) is 25.1 Å². The van der Waals surface area contributed by atoms with E-state index in [0.29, 0.717) is 28.9 Å². The fourth-order valence-corrected chi connectivity index (χ4v) is 4.12. The second-order valence-electron chi connectivity index (χ2n) is 8.19. The van der Waals surface area contributed by atoms with Crippen LogP contribution in [0.3, 0.4) is 0 Å². The van der Waals surface area contributed by atoms with E-state index in [0.717, 1.165) is 6.26 Å². The third kappa shape index (κ3) is 5.77. The maximum Gasteiger partial charge on any atom is 0.493 e. The van der Waals surface area contributed by atoms with Crippen LogP contribution in [0.4, 0.5) is 13.2 Å². The van der Waals surface area contributed by atoms with Crippen LogP contribution in [-0.2, 0) is 19.4 Å². The summed E-state index contributed by atoms with van der Waals surface area (Å²) in [5.74, 6) is -3.57. The normalized spacial score (nSPS) is 16.0. The number of alkyl halides is 3. The molecule has 1 fully saturated rings. The number of nitrogens with zero attached hydrogens (tertiary/aromatic N) is 4. The second kappa shape index (κ2) is 9.89. The van der Waals surface area contributed by atoms with Crippen LogP contribution in [0.5, 0.6) is 0 Å². The van der Waals surface area contributed by atoms with Gasteiger partial charge >= 0.3 is 12.1 Å².